The summed E-state index contributed by atoms with van der Waals surface area (Å²) < 4.78 is 87.4. The van der Waals surface area contributed by atoms with Crippen LogP contribution in [0.15, 0.2) is 57.8 Å². The minimum atomic E-state index is -5.01. The Morgan fingerprint density at radius 3 is 2.38 bits per heavy atom. The van der Waals surface area contributed by atoms with Crippen molar-refractivity contribution in [1.29, 1.82) is 0 Å². The van der Waals surface area contributed by atoms with Gasteiger partial charge >= 0.3 is 18.2 Å². The summed E-state index contributed by atoms with van der Waals surface area (Å²) >= 11 is 5.84. The molecule has 0 unspecified atom stereocenters. The molecule has 16 heteroatoms. The number of alkyl halides is 6. The van der Waals surface area contributed by atoms with E-state index in [-0.39, 0.29) is 28.7 Å². The molecule has 0 aliphatic heterocycles. The minimum absolute atomic E-state index is 0.164. The van der Waals surface area contributed by atoms with Crippen LogP contribution in [0.25, 0.3) is 22.8 Å². The van der Waals surface area contributed by atoms with Crippen LogP contribution in [0.2, 0.25) is 5.02 Å². The quantitative estimate of drug-likeness (QED) is 0.343. The monoisotopic (exact) mass is 549 g/mol. The van der Waals surface area contributed by atoms with E-state index in [2.05, 4.69) is 20.0 Å². The molecule has 0 spiro atoms. The Morgan fingerprint density at radius 1 is 1.05 bits per heavy atom. The van der Waals surface area contributed by atoms with Crippen molar-refractivity contribution >= 4 is 11.6 Å². The molecule has 0 amide bonds. The fourth-order valence-electron chi connectivity index (χ4n) is 3.22. The third kappa shape index (κ3) is 6.11. The molecular weight excluding hydrogens is 536 g/mol. The van der Waals surface area contributed by atoms with Crippen LogP contribution >= 0.6 is 11.6 Å². The molecule has 0 aliphatic rings. The van der Waals surface area contributed by atoms with Gasteiger partial charge in [-0.3, -0.25) is 4.57 Å². The number of benzene rings is 2. The normalized spacial score (nSPS) is 13.1. The first kappa shape index (κ1) is 26.2. The van der Waals surface area contributed by atoms with Gasteiger partial charge in [-0.05, 0) is 36.4 Å². The highest BCUT2D eigenvalue weighted by Crippen LogP contribution is 2.32. The fraction of sp³-hybridized carbons (Fsp3) is 0.238. The van der Waals surface area contributed by atoms with Crippen molar-refractivity contribution in [2.75, 3.05) is 0 Å². The summed E-state index contributed by atoms with van der Waals surface area (Å²) in [5, 5.41) is 17.5. The molecule has 0 saturated heterocycles. The molecular formula is C21H14ClF6N5O4. The fourth-order valence-corrected chi connectivity index (χ4v) is 3.35. The van der Waals surface area contributed by atoms with E-state index < -0.39 is 43.2 Å². The zero-order valence-corrected chi connectivity index (χ0v) is 18.9. The number of hydrogen-bond acceptors (Lipinski definition) is 7. The van der Waals surface area contributed by atoms with Gasteiger partial charge in [0.2, 0.25) is 11.7 Å². The van der Waals surface area contributed by atoms with Crippen LogP contribution in [0.3, 0.4) is 0 Å². The number of halogens is 7. The van der Waals surface area contributed by atoms with Crippen molar-refractivity contribution in [2.45, 2.75) is 31.7 Å². The number of rotatable bonds is 7. The first-order valence-corrected chi connectivity index (χ1v) is 10.6. The summed E-state index contributed by atoms with van der Waals surface area (Å²) in [6.45, 7) is -1.69. The predicted molar refractivity (Wildman–Crippen MR) is 115 cm³/mol. The lowest BCUT2D eigenvalue weighted by atomic mass is 10.2. The Bertz CT molecular complexity index is 1450. The van der Waals surface area contributed by atoms with E-state index in [1.807, 2.05) is 0 Å². The van der Waals surface area contributed by atoms with Gasteiger partial charge in [0.05, 0.1) is 12.1 Å². The lowest BCUT2D eigenvalue weighted by Gasteiger charge is -2.15. The molecule has 37 heavy (non-hydrogen) atoms. The van der Waals surface area contributed by atoms with Crippen molar-refractivity contribution < 1.29 is 40.7 Å². The summed E-state index contributed by atoms with van der Waals surface area (Å²) in [6.07, 6.45) is -12.9. The maximum absolute atomic E-state index is 13.0. The molecule has 196 valence electrons. The summed E-state index contributed by atoms with van der Waals surface area (Å²) in [7, 11) is 0. The SMILES string of the molecule is O=c1n(Cc2nc(-c3ccccc3OC(F)(F)F)no2)nc(-c2ccc(Cl)cc2)n1C[C@H](O)C(F)(F)F. The standard InChI is InChI=1S/C21H14ClF6N5O4/c22-12-7-5-11(6-8-12)18-30-33(19(35)32(18)9-15(34)20(23,24)25)10-16-29-17(31-37-16)13-3-1-2-4-14(13)36-21(26,27)28/h1-8,15,34H,9-10H2/t15-/m0/s1. The van der Waals surface area contributed by atoms with Crippen LogP contribution in [-0.4, -0.2) is 48.2 Å². The molecule has 0 fully saturated rings. The van der Waals surface area contributed by atoms with Crippen LogP contribution < -0.4 is 10.4 Å². The largest absolute Gasteiger partial charge is 0.573 e. The van der Waals surface area contributed by atoms with Gasteiger partial charge in [0.1, 0.15) is 12.3 Å². The summed E-state index contributed by atoms with van der Waals surface area (Å²) in [6, 6.07) is 10.7. The van der Waals surface area contributed by atoms with Crippen molar-refractivity contribution in [3.05, 3.63) is 69.9 Å². The van der Waals surface area contributed by atoms with Crippen molar-refractivity contribution in [2.24, 2.45) is 0 Å². The number of aliphatic hydroxyl groups is 1. The number of nitrogens with zero attached hydrogens (tertiary/aromatic N) is 5. The number of aliphatic hydroxyl groups excluding tert-OH is 1. The van der Waals surface area contributed by atoms with Gasteiger partial charge in [-0.1, -0.05) is 28.9 Å². The highest BCUT2D eigenvalue weighted by atomic mass is 35.5. The molecule has 4 aromatic rings. The van der Waals surface area contributed by atoms with Crippen molar-refractivity contribution in [3.8, 4) is 28.5 Å². The van der Waals surface area contributed by atoms with E-state index in [9.17, 15) is 36.2 Å². The van der Waals surface area contributed by atoms with Crippen molar-refractivity contribution in [1.82, 2.24) is 24.5 Å². The summed E-state index contributed by atoms with van der Waals surface area (Å²) in [5.74, 6) is -1.40. The summed E-state index contributed by atoms with van der Waals surface area (Å²) in [5.41, 5.74) is -0.990. The maximum Gasteiger partial charge on any atom is 0.573 e. The maximum atomic E-state index is 13.0. The number of ether oxygens (including phenoxy) is 1. The molecule has 0 saturated carbocycles. The molecule has 9 nitrogen and oxygen atoms in total. The van der Waals surface area contributed by atoms with Gasteiger partial charge in [-0.2, -0.15) is 18.2 Å². The second kappa shape index (κ2) is 9.89. The Kier molecular flexibility index (Phi) is 7.01. The van der Waals surface area contributed by atoms with Crippen molar-refractivity contribution in [3.63, 3.8) is 0 Å². The van der Waals surface area contributed by atoms with Gasteiger partial charge in [0.15, 0.2) is 11.9 Å². The van der Waals surface area contributed by atoms with Crippen LogP contribution in [0, 0.1) is 0 Å². The lowest BCUT2D eigenvalue weighted by Crippen LogP contribution is -2.37. The number of para-hydroxylation sites is 1. The molecule has 0 bridgehead atoms. The lowest BCUT2D eigenvalue weighted by molar-refractivity contribution is -0.274. The second-order valence-corrected chi connectivity index (χ2v) is 7.93. The zero-order chi connectivity index (χ0) is 27.0. The average molecular weight is 550 g/mol. The van der Waals surface area contributed by atoms with E-state index >= 15 is 0 Å². The molecule has 2 aromatic carbocycles. The number of hydrogen-bond donors (Lipinski definition) is 1. The van der Waals surface area contributed by atoms with Gasteiger partial charge < -0.3 is 14.4 Å². The Morgan fingerprint density at radius 2 is 1.73 bits per heavy atom. The van der Waals surface area contributed by atoms with Crippen LogP contribution in [0.4, 0.5) is 26.3 Å². The molecule has 0 aliphatic carbocycles. The first-order valence-electron chi connectivity index (χ1n) is 10.2. The zero-order valence-electron chi connectivity index (χ0n) is 18.2. The summed E-state index contributed by atoms with van der Waals surface area (Å²) in [4.78, 5) is 16.9. The molecule has 0 radical (unpaired) electrons. The minimum Gasteiger partial charge on any atom is -0.405 e. The highest BCUT2D eigenvalue weighted by molar-refractivity contribution is 6.30. The molecule has 1 N–H and O–H groups in total. The Labute approximate surface area is 207 Å². The van der Waals surface area contributed by atoms with E-state index in [0.29, 0.717) is 14.3 Å². The topological polar surface area (TPSA) is 108 Å². The van der Waals surface area contributed by atoms with Gasteiger partial charge in [-0.25, -0.2) is 9.48 Å². The highest BCUT2D eigenvalue weighted by Gasteiger charge is 2.39. The predicted octanol–water partition coefficient (Wildman–Crippen LogP) is 4.29. The van der Waals surface area contributed by atoms with Gasteiger partial charge in [0, 0.05) is 10.6 Å². The molecule has 2 heterocycles. The van der Waals surface area contributed by atoms with Gasteiger partial charge in [-0.15, -0.1) is 18.3 Å². The average Bonchev–Trinajstić information content (AvgIpc) is 3.39. The third-order valence-corrected chi connectivity index (χ3v) is 5.12. The smallest absolute Gasteiger partial charge is 0.405 e. The third-order valence-electron chi connectivity index (χ3n) is 4.87. The van der Waals surface area contributed by atoms with Crippen LogP contribution in [0.1, 0.15) is 5.89 Å². The van der Waals surface area contributed by atoms with E-state index in [0.717, 1.165) is 6.07 Å². The second-order valence-electron chi connectivity index (χ2n) is 7.49. The Balaban J connectivity index is 1.68. The number of aromatic nitrogens is 5. The van der Waals surface area contributed by atoms with E-state index in [1.165, 1.54) is 42.5 Å². The molecule has 2 aromatic heterocycles. The molecule has 4 rings (SSSR count). The first-order chi connectivity index (χ1) is 17.3. The van der Waals surface area contributed by atoms with E-state index in [4.69, 9.17) is 16.1 Å². The van der Waals surface area contributed by atoms with Crippen LogP contribution in [-0.2, 0) is 13.1 Å². The van der Waals surface area contributed by atoms with E-state index in [1.54, 1.807) is 0 Å². The van der Waals surface area contributed by atoms with Gasteiger partial charge in [0.25, 0.3) is 0 Å². The Hall–Kier alpha value is -3.85. The van der Waals surface area contributed by atoms with Crippen LogP contribution in [0.5, 0.6) is 5.75 Å². The molecule has 1 atom stereocenters.